The van der Waals surface area contributed by atoms with E-state index in [0.29, 0.717) is 10.5 Å². The maximum Gasteiger partial charge on any atom is 0.418 e. The lowest BCUT2D eigenvalue weighted by molar-refractivity contribution is -0.116. The highest BCUT2D eigenvalue weighted by Crippen LogP contribution is 2.49. The molecule has 0 bridgehead atoms. The van der Waals surface area contributed by atoms with Crippen LogP contribution in [0.25, 0.3) is 6.08 Å². The number of furan rings is 1. The van der Waals surface area contributed by atoms with Gasteiger partial charge in [0, 0.05) is 4.90 Å². The summed E-state index contributed by atoms with van der Waals surface area (Å²) in [5.41, 5.74) is 2.36. The molecule has 0 aliphatic carbocycles. The summed E-state index contributed by atoms with van der Waals surface area (Å²) in [7, 11) is -1.76. The molecule has 0 radical (unpaired) electrons. The first-order chi connectivity index (χ1) is 12.3. The number of hydrogen-bond acceptors (Lipinski definition) is 4. The summed E-state index contributed by atoms with van der Waals surface area (Å²) < 4.78 is 46.3. The van der Waals surface area contributed by atoms with Crippen LogP contribution in [-0.4, -0.2) is 22.7 Å². The van der Waals surface area contributed by atoms with Crippen molar-refractivity contribution >= 4 is 33.1 Å². The average Bonchev–Trinajstić information content (AvgIpc) is 3.25. The highest BCUT2D eigenvalue weighted by molar-refractivity contribution is 8.20. The molecular weight excluding hydrogens is 369 g/mol. The van der Waals surface area contributed by atoms with Crippen LogP contribution in [0.5, 0.6) is 0 Å². The summed E-state index contributed by atoms with van der Waals surface area (Å²) >= 11 is 0. The number of fused-ring (bicyclic) bond motifs is 1. The number of Topliss-reactive ketones (excluding diaryl/α,β-unsaturated/α-hetero) is 1. The van der Waals surface area contributed by atoms with Crippen LogP contribution in [0.4, 0.5) is 13.2 Å². The van der Waals surface area contributed by atoms with E-state index in [0.717, 1.165) is 0 Å². The SMILES string of the molecule is NNC(=O)C1=Cc2ccccc2S1=C(CC(=O)c1ccco1)C(F)(F)F. The van der Waals surface area contributed by atoms with Gasteiger partial charge in [-0.1, -0.05) is 18.2 Å². The molecule has 1 unspecified atom stereocenters. The Morgan fingerprint density at radius 2 is 1.88 bits per heavy atom. The van der Waals surface area contributed by atoms with Crippen molar-refractivity contribution in [2.45, 2.75) is 17.5 Å². The fraction of sp³-hybridized carbons (Fsp3) is 0.118. The summed E-state index contributed by atoms with van der Waals surface area (Å²) in [4.78, 5) is 23.5. The highest BCUT2D eigenvalue weighted by atomic mass is 32.2. The van der Waals surface area contributed by atoms with Crippen molar-refractivity contribution in [3.05, 3.63) is 58.9 Å². The molecule has 1 atom stereocenters. The van der Waals surface area contributed by atoms with E-state index in [-0.39, 0.29) is 10.7 Å². The van der Waals surface area contributed by atoms with Crippen molar-refractivity contribution < 1.29 is 27.2 Å². The normalized spacial score (nSPS) is 16.7. The minimum Gasteiger partial charge on any atom is -0.461 e. The van der Waals surface area contributed by atoms with Crippen LogP contribution in [-0.2, 0) is 4.79 Å². The van der Waals surface area contributed by atoms with Gasteiger partial charge in [-0.25, -0.2) is 5.84 Å². The zero-order valence-corrected chi connectivity index (χ0v) is 14.0. The number of carbonyl (C=O) groups is 2. The molecule has 0 spiro atoms. The molecule has 1 amide bonds. The van der Waals surface area contributed by atoms with Gasteiger partial charge in [0.2, 0.25) is 5.78 Å². The van der Waals surface area contributed by atoms with Gasteiger partial charge >= 0.3 is 6.18 Å². The van der Waals surface area contributed by atoms with Crippen LogP contribution in [0.3, 0.4) is 0 Å². The molecule has 2 heterocycles. The highest BCUT2D eigenvalue weighted by Gasteiger charge is 2.41. The molecule has 2 aromatic rings. The van der Waals surface area contributed by atoms with E-state index in [1.165, 1.54) is 30.5 Å². The molecule has 1 aromatic heterocycles. The second-order valence-corrected chi connectivity index (χ2v) is 7.31. The molecule has 0 saturated carbocycles. The van der Waals surface area contributed by atoms with Gasteiger partial charge in [0.1, 0.15) is 0 Å². The van der Waals surface area contributed by atoms with Gasteiger partial charge in [-0.15, -0.1) is 10.5 Å². The second kappa shape index (κ2) is 6.93. The van der Waals surface area contributed by atoms with Crippen LogP contribution < -0.4 is 11.3 Å². The molecule has 26 heavy (non-hydrogen) atoms. The number of halogens is 3. The van der Waals surface area contributed by atoms with E-state index in [1.54, 1.807) is 18.2 Å². The monoisotopic (exact) mass is 382 g/mol. The second-order valence-electron chi connectivity index (χ2n) is 5.32. The van der Waals surface area contributed by atoms with Crippen molar-refractivity contribution in [3.63, 3.8) is 0 Å². The Labute approximate surface area is 148 Å². The van der Waals surface area contributed by atoms with E-state index in [1.807, 2.05) is 5.43 Å². The van der Waals surface area contributed by atoms with Gasteiger partial charge in [0.25, 0.3) is 5.91 Å². The summed E-state index contributed by atoms with van der Waals surface area (Å²) in [5.74, 6) is 3.32. The Balaban J connectivity index is 2.18. The standard InChI is InChI=1S/C17H13F3N2O3S/c18-17(19,20)15(9-11(23)12-5-3-7-25-12)26-13-6-2-1-4-10(13)8-14(26)16(24)22-21/h1-8H,9,21H2,(H,22,24). The number of alkyl halides is 3. The minimum atomic E-state index is -4.78. The number of carbonyl (C=O) groups excluding carboxylic acids is 2. The van der Waals surface area contributed by atoms with E-state index < -0.39 is 39.6 Å². The first kappa shape index (κ1) is 18.2. The summed E-state index contributed by atoms with van der Waals surface area (Å²) in [6.45, 7) is 0. The Morgan fingerprint density at radius 3 is 2.50 bits per heavy atom. The lowest BCUT2D eigenvalue weighted by atomic mass is 10.2. The summed E-state index contributed by atoms with van der Waals surface area (Å²) in [6.07, 6.45) is -3.12. The quantitative estimate of drug-likeness (QED) is 0.279. The summed E-state index contributed by atoms with van der Waals surface area (Å²) in [5, 5.41) is 0. The molecule has 0 fully saturated rings. The maximum atomic E-state index is 13.8. The fourth-order valence-electron chi connectivity index (χ4n) is 2.56. The number of amides is 1. The largest absolute Gasteiger partial charge is 0.461 e. The molecule has 1 aromatic carbocycles. The van der Waals surface area contributed by atoms with E-state index in [2.05, 4.69) is 0 Å². The number of hydrazine groups is 1. The molecule has 136 valence electrons. The lowest BCUT2D eigenvalue weighted by Gasteiger charge is -2.18. The third-order valence-corrected chi connectivity index (χ3v) is 6.10. The molecule has 0 saturated heterocycles. The smallest absolute Gasteiger partial charge is 0.418 e. The van der Waals surface area contributed by atoms with Gasteiger partial charge in [-0.3, -0.25) is 15.0 Å². The molecule has 3 N–H and O–H groups in total. The topological polar surface area (TPSA) is 85.3 Å². The zero-order chi connectivity index (χ0) is 18.9. The Hall–Kier alpha value is -2.65. The van der Waals surface area contributed by atoms with E-state index in [4.69, 9.17) is 10.3 Å². The van der Waals surface area contributed by atoms with Gasteiger partial charge in [-0.2, -0.15) is 13.2 Å². The van der Waals surface area contributed by atoms with Gasteiger partial charge < -0.3 is 4.42 Å². The lowest BCUT2D eigenvalue weighted by Crippen LogP contribution is -2.32. The van der Waals surface area contributed by atoms with Crippen LogP contribution in [0, 0.1) is 0 Å². The zero-order valence-electron chi connectivity index (χ0n) is 13.2. The van der Waals surface area contributed by atoms with Crippen molar-refractivity contribution in [2.24, 2.45) is 5.84 Å². The summed E-state index contributed by atoms with van der Waals surface area (Å²) in [6, 6.07) is 9.06. The molecule has 1 aliphatic rings. The molecule has 9 heteroatoms. The molecule has 1 aliphatic heterocycles. The van der Waals surface area contributed by atoms with Crippen molar-refractivity contribution in [1.29, 1.82) is 0 Å². The van der Waals surface area contributed by atoms with Gasteiger partial charge in [0.05, 0.1) is 22.5 Å². The number of benzene rings is 1. The van der Waals surface area contributed by atoms with E-state index >= 15 is 0 Å². The van der Waals surface area contributed by atoms with Crippen LogP contribution in [0.15, 0.2) is 56.9 Å². The first-order valence-electron chi connectivity index (χ1n) is 7.38. The predicted octanol–water partition coefficient (Wildman–Crippen LogP) is 3.26. The van der Waals surface area contributed by atoms with Gasteiger partial charge in [-0.05, 0) is 29.8 Å². The molecule has 5 nitrogen and oxygen atoms in total. The first-order valence-corrected chi connectivity index (χ1v) is 8.61. The number of nitrogens with two attached hydrogens (primary N) is 1. The third kappa shape index (κ3) is 3.35. The minimum absolute atomic E-state index is 0.131. The number of hydrogen-bond donors (Lipinski definition) is 2. The Morgan fingerprint density at radius 1 is 1.15 bits per heavy atom. The predicted molar refractivity (Wildman–Crippen MR) is 91.3 cm³/mol. The van der Waals surface area contributed by atoms with Crippen molar-refractivity contribution in [1.82, 2.24) is 5.43 Å². The van der Waals surface area contributed by atoms with Crippen LogP contribution >= 0.6 is 10.5 Å². The Kier molecular flexibility index (Phi) is 4.84. The fourth-order valence-corrected chi connectivity index (χ4v) is 4.90. The average molecular weight is 382 g/mol. The molecule has 3 rings (SSSR count). The Bertz CT molecular complexity index is 931. The molecular formula is C17H13F3N2O3S. The van der Waals surface area contributed by atoms with Crippen molar-refractivity contribution in [3.8, 4) is 0 Å². The van der Waals surface area contributed by atoms with E-state index in [9.17, 15) is 22.8 Å². The van der Waals surface area contributed by atoms with Gasteiger partial charge in [0.15, 0.2) is 5.76 Å². The maximum absolute atomic E-state index is 13.8. The third-order valence-electron chi connectivity index (χ3n) is 3.68. The van der Waals surface area contributed by atoms with Crippen LogP contribution in [0.2, 0.25) is 0 Å². The number of nitrogens with one attached hydrogen (secondary N) is 1. The number of rotatable bonds is 4. The number of ketones is 1. The van der Waals surface area contributed by atoms with Crippen LogP contribution in [0.1, 0.15) is 22.5 Å². The van der Waals surface area contributed by atoms with Crippen molar-refractivity contribution in [2.75, 3.05) is 0 Å².